The number of aromatic nitrogens is 1. The van der Waals surface area contributed by atoms with E-state index in [0.717, 1.165) is 62.1 Å². The van der Waals surface area contributed by atoms with Crippen LogP contribution in [-0.4, -0.2) is 37.7 Å². The molecule has 196 valence electrons. The lowest BCUT2D eigenvalue weighted by Gasteiger charge is -2.40. The zero-order chi connectivity index (χ0) is 25.4. The highest BCUT2D eigenvalue weighted by Gasteiger charge is 2.49. The van der Waals surface area contributed by atoms with Gasteiger partial charge in [-0.15, -0.1) is 0 Å². The van der Waals surface area contributed by atoms with Gasteiger partial charge in [-0.2, -0.15) is 0 Å². The second kappa shape index (κ2) is 10.2. The molecule has 36 heavy (non-hydrogen) atoms. The summed E-state index contributed by atoms with van der Waals surface area (Å²) >= 11 is 0. The Morgan fingerprint density at radius 3 is 2.67 bits per heavy atom. The summed E-state index contributed by atoms with van der Waals surface area (Å²) in [5, 5.41) is 0. The summed E-state index contributed by atoms with van der Waals surface area (Å²) in [4.78, 5) is 13.2. The molecular weight excluding hydrogens is 456 g/mol. The highest BCUT2D eigenvalue weighted by Crippen LogP contribution is 2.60. The second-order valence-corrected chi connectivity index (χ2v) is 11.0. The first-order valence-electron chi connectivity index (χ1n) is 13.5. The number of epoxide rings is 1. The third kappa shape index (κ3) is 4.57. The fourth-order valence-electron chi connectivity index (χ4n) is 6.27. The predicted octanol–water partition coefficient (Wildman–Crippen LogP) is 5.31. The predicted molar refractivity (Wildman–Crippen MR) is 140 cm³/mol. The summed E-state index contributed by atoms with van der Waals surface area (Å²) < 4.78 is 25.6. The maximum absolute atomic E-state index is 13.2. The van der Waals surface area contributed by atoms with Gasteiger partial charge in [0.2, 0.25) is 0 Å². The number of hydrogen-bond donors (Lipinski definition) is 1. The van der Waals surface area contributed by atoms with Crippen LogP contribution < -0.4 is 20.6 Å². The fourth-order valence-corrected chi connectivity index (χ4v) is 6.27. The van der Waals surface area contributed by atoms with Crippen molar-refractivity contribution in [2.75, 3.05) is 26.9 Å². The Morgan fingerprint density at radius 2 is 1.92 bits per heavy atom. The number of ether oxygens (including phenoxy) is 4. The van der Waals surface area contributed by atoms with Gasteiger partial charge >= 0.3 is 0 Å². The van der Waals surface area contributed by atoms with Crippen molar-refractivity contribution < 1.29 is 18.9 Å². The van der Waals surface area contributed by atoms with Crippen LogP contribution in [0.15, 0.2) is 29.2 Å². The van der Waals surface area contributed by atoms with Crippen molar-refractivity contribution in [2.45, 2.75) is 83.6 Å². The molecule has 3 heterocycles. The third-order valence-corrected chi connectivity index (χ3v) is 8.15. The maximum Gasteiger partial charge on any atom is 0.189 e. The van der Waals surface area contributed by atoms with E-state index in [1.165, 1.54) is 5.56 Å². The maximum atomic E-state index is 13.2. The molecule has 0 amide bonds. The Hall–Kier alpha value is -2.35. The molecule has 0 spiro atoms. The number of fused-ring (bicyclic) bond motifs is 6. The standard InChI is InChI=1S/C29H40N2O5/c1-5-34-28-26(36-28)21-17-31-22(16-23(21)32)20-15-24(33-4)25(35-13-9-7-6-8-12-30)14-19(20)18-10-11-29(2,3)27(18)31/h14-18,26-28H,5-13,30H2,1-4H3/t18-,26?,27+,28?/m0/s1. The van der Waals surface area contributed by atoms with Crippen LogP contribution >= 0.6 is 0 Å². The quantitative estimate of drug-likeness (QED) is 0.335. The zero-order valence-corrected chi connectivity index (χ0v) is 22.0. The Bertz CT molecular complexity index is 1160. The van der Waals surface area contributed by atoms with Crippen molar-refractivity contribution >= 4 is 0 Å². The lowest BCUT2D eigenvalue weighted by atomic mass is 9.77. The molecule has 0 radical (unpaired) electrons. The molecule has 1 saturated carbocycles. The average molecular weight is 497 g/mol. The minimum atomic E-state index is -0.320. The lowest BCUT2D eigenvalue weighted by Crippen LogP contribution is -2.31. The third-order valence-electron chi connectivity index (χ3n) is 8.15. The highest BCUT2D eigenvalue weighted by atomic mass is 16.8. The minimum absolute atomic E-state index is 0.00886. The summed E-state index contributed by atoms with van der Waals surface area (Å²) in [7, 11) is 1.68. The molecule has 2 aromatic rings. The van der Waals surface area contributed by atoms with E-state index in [1.54, 1.807) is 13.2 Å². The van der Waals surface area contributed by atoms with Crippen LogP contribution in [0.5, 0.6) is 11.5 Å². The Kier molecular flexibility index (Phi) is 7.16. The van der Waals surface area contributed by atoms with Gasteiger partial charge in [0.05, 0.1) is 19.4 Å². The number of nitrogens with two attached hydrogens (primary N) is 1. The monoisotopic (exact) mass is 496 g/mol. The fraction of sp³-hybridized carbons (Fsp3) is 0.621. The van der Waals surface area contributed by atoms with E-state index in [2.05, 4.69) is 30.5 Å². The van der Waals surface area contributed by atoms with E-state index < -0.39 is 0 Å². The number of rotatable bonds is 11. The van der Waals surface area contributed by atoms with Crippen molar-refractivity contribution in [3.63, 3.8) is 0 Å². The van der Waals surface area contributed by atoms with Gasteiger partial charge < -0.3 is 29.2 Å². The molecule has 0 bridgehead atoms. The number of hydrogen-bond acceptors (Lipinski definition) is 6. The van der Waals surface area contributed by atoms with Crippen molar-refractivity contribution in [1.29, 1.82) is 0 Å². The van der Waals surface area contributed by atoms with Crippen LogP contribution in [0.3, 0.4) is 0 Å². The molecule has 4 atom stereocenters. The Labute approximate surface area is 213 Å². The van der Waals surface area contributed by atoms with Crippen LogP contribution in [0.2, 0.25) is 0 Å². The van der Waals surface area contributed by atoms with Crippen molar-refractivity contribution in [2.24, 2.45) is 11.1 Å². The van der Waals surface area contributed by atoms with E-state index in [0.29, 0.717) is 30.4 Å². The van der Waals surface area contributed by atoms with E-state index >= 15 is 0 Å². The van der Waals surface area contributed by atoms with Gasteiger partial charge in [-0.3, -0.25) is 4.79 Å². The van der Waals surface area contributed by atoms with Gasteiger partial charge in [-0.05, 0) is 62.3 Å². The summed E-state index contributed by atoms with van der Waals surface area (Å²) in [6, 6.07) is 6.26. The largest absolute Gasteiger partial charge is 0.493 e. The minimum Gasteiger partial charge on any atom is -0.493 e. The van der Waals surface area contributed by atoms with Crippen LogP contribution in [0.25, 0.3) is 11.3 Å². The Balaban J connectivity index is 1.51. The molecule has 2 fully saturated rings. The summed E-state index contributed by atoms with van der Waals surface area (Å²) in [5.41, 5.74) is 9.63. The molecule has 1 saturated heterocycles. The van der Waals surface area contributed by atoms with Crippen LogP contribution in [0.4, 0.5) is 0 Å². The van der Waals surface area contributed by atoms with Gasteiger partial charge in [-0.25, -0.2) is 0 Å². The zero-order valence-electron chi connectivity index (χ0n) is 22.0. The molecular formula is C29H40N2O5. The molecule has 3 aliphatic rings. The molecule has 5 rings (SSSR count). The van der Waals surface area contributed by atoms with Crippen LogP contribution in [0, 0.1) is 5.41 Å². The number of methoxy groups -OCH3 is 1. The van der Waals surface area contributed by atoms with Gasteiger partial charge in [0.15, 0.2) is 23.2 Å². The SMILES string of the molecule is CCOC1OC1c1cn2c(cc1=O)-c1cc(OC)c(OCCCCCCN)cc1[C@@H]1CCC(C)(C)[C@@H]12. The molecule has 2 N–H and O–H groups in total. The van der Waals surface area contributed by atoms with Crippen LogP contribution in [0.1, 0.15) is 88.5 Å². The molecule has 7 nitrogen and oxygen atoms in total. The molecule has 1 aromatic heterocycles. The first-order chi connectivity index (χ1) is 17.4. The van der Waals surface area contributed by atoms with E-state index in [4.69, 9.17) is 24.7 Å². The Morgan fingerprint density at radius 1 is 1.11 bits per heavy atom. The normalized spacial score (nSPS) is 25.1. The first kappa shape index (κ1) is 25.3. The molecule has 2 unspecified atom stereocenters. The van der Waals surface area contributed by atoms with Gasteiger partial charge in [0.25, 0.3) is 0 Å². The number of benzene rings is 1. The lowest BCUT2D eigenvalue weighted by molar-refractivity contribution is 0.0593. The second-order valence-electron chi connectivity index (χ2n) is 11.0. The highest BCUT2D eigenvalue weighted by molar-refractivity contribution is 5.72. The first-order valence-corrected chi connectivity index (χ1v) is 13.5. The topological polar surface area (TPSA) is 88.2 Å². The summed E-state index contributed by atoms with van der Waals surface area (Å²) in [6.45, 7) is 8.57. The van der Waals surface area contributed by atoms with Crippen molar-refractivity contribution in [3.05, 3.63) is 45.7 Å². The van der Waals surface area contributed by atoms with Crippen LogP contribution in [-0.2, 0) is 9.47 Å². The molecule has 1 aromatic carbocycles. The van der Waals surface area contributed by atoms with Crippen molar-refractivity contribution in [3.8, 4) is 22.8 Å². The number of unbranched alkanes of at least 4 members (excludes halogenated alkanes) is 3. The molecule has 7 heteroatoms. The van der Waals surface area contributed by atoms with E-state index in [1.807, 2.05) is 13.1 Å². The van der Waals surface area contributed by atoms with Crippen molar-refractivity contribution in [1.82, 2.24) is 4.57 Å². The van der Waals surface area contributed by atoms with Gasteiger partial charge in [0, 0.05) is 42.0 Å². The van der Waals surface area contributed by atoms with Gasteiger partial charge in [0.1, 0.15) is 6.10 Å². The molecule has 1 aliphatic carbocycles. The number of pyridine rings is 1. The van der Waals surface area contributed by atoms with Gasteiger partial charge in [-0.1, -0.05) is 26.7 Å². The number of nitrogens with zero attached hydrogens (tertiary/aromatic N) is 1. The summed E-state index contributed by atoms with van der Waals surface area (Å²) in [6.07, 6.45) is 7.93. The van der Waals surface area contributed by atoms with E-state index in [-0.39, 0.29) is 29.3 Å². The molecule has 2 aliphatic heterocycles. The smallest absolute Gasteiger partial charge is 0.189 e. The average Bonchev–Trinajstić information content (AvgIpc) is 3.54. The van der Waals surface area contributed by atoms with E-state index in [9.17, 15) is 4.79 Å². The summed E-state index contributed by atoms with van der Waals surface area (Å²) in [5.74, 6) is 1.84.